The molecule has 0 aromatic carbocycles. The first-order valence-electron chi connectivity index (χ1n) is 2.50. The Morgan fingerprint density at radius 3 is 2.11 bits per heavy atom. The van der Waals surface area contributed by atoms with Crippen molar-refractivity contribution in [1.29, 1.82) is 0 Å². The Morgan fingerprint density at radius 1 is 1.33 bits per heavy atom. The minimum Gasteiger partial charge on any atom is -0.398 e. The van der Waals surface area contributed by atoms with Gasteiger partial charge in [0, 0.05) is 17.8 Å². The van der Waals surface area contributed by atoms with Gasteiger partial charge in [-0.15, -0.1) is 12.4 Å². The second kappa shape index (κ2) is 3.30. The molecule has 9 heavy (non-hydrogen) atoms. The third-order valence-corrected chi connectivity index (χ3v) is 1.00. The van der Waals surface area contributed by atoms with Gasteiger partial charge in [-0.05, 0) is 0 Å². The van der Waals surface area contributed by atoms with Gasteiger partial charge in [-0.2, -0.15) is 0 Å². The number of nitrogens with zero attached hydrogens (tertiary/aromatic N) is 1. The summed E-state index contributed by atoms with van der Waals surface area (Å²) in [7, 11) is 1.96. The van der Waals surface area contributed by atoms with E-state index in [9.17, 15) is 0 Å². The van der Waals surface area contributed by atoms with Gasteiger partial charge in [0.25, 0.3) is 0 Å². The Balaban J connectivity index is 0.000000640. The van der Waals surface area contributed by atoms with Crippen molar-refractivity contribution >= 4 is 18.1 Å². The fraction of sp³-hybridized carbons (Fsp3) is 0.167. The van der Waals surface area contributed by atoms with Crippen LogP contribution in [0.4, 0.5) is 5.69 Å². The van der Waals surface area contributed by atoms with Crippen molar-refractivity contribution in [2.75, 3.05) is 5.73 Å². The summed E-state index contributed by atoms with van der Waals surface area (Å²) in [5.41, 5.74) is 6.22. The van der Waals surface area contributed by atoms with Crippen LogP contribution in [0.2, 0.25) is 0 Å². The van der Waals surface area contributed by atoms with E-state index in [1.54, 1.807) is 0 Å². The monoisotopic (exact) mass is 145 g/mol. The molecule has 3 heteroatoms. The lowest BCUT2D eigenvalue weighted by Gasteiger charge is -1.85. The lowest BCUT2D eigenvalue weighted by molar-refractivity contribution is -0.671. The Bertz CT molecular complexity index is 150. The summed E-state index contributed by atoms with van der Waals surface area (Å²) in [4.78, 5) is 0. The molecule has 1 heterocycles. The van der Waals surface area contributed by atoms with E-state index in [4.69, 9.17) is 5.73 Å². The normalized spacial score (nSPS) is 8.11. The van der Waals surface area contributed by atoms with Crippen LogP contribution < -0.4 is 10.3 Å². The predicted octanol–water partition coefficient (Wildman–Crippen LogP) is 0.515. The summed E-state index contributed by atoms with van der Waals surface area (Å²) >= 11 is 0. The standard InChI is InChI=1S/C6H8N2.ClH/c1-8-4-2-6(7)3-5-8;/h2-5,7H,1H3;1H/p+1. The number of nitrogen functional groups attached to an aromatic ring is 1. The maximum absolute atomic E-state index is 5.41. The zero-order valence-corrected chi connectivity index (χ0v) is 6.06. The first kappa shape index (κ1) is 8.24. The van der Waals surface area contributed by atoms with Crippen LogP contribution >= 0.6 is 12.4 Å². The molecule has 1 rings (SSSR count). The number of hydrogen-bond donors (Lipinski definition) is 1. The number of rotatable bonds is 0. The van der Waals surface area contributed by atoms with E-state index in [1.165, 1.54) is 0 Å². The maximum Gasteiger partial charge on any atom is 0.170 e. The fourth-order valence-corrected chi connectivity index (χ4v) is 0.513. The highest BCUT2D eigenvalue weighted by Crippen LogP contribution is 1.91. The molecule has 0 saturated heterocycles. The van der Waals surface area contributed by atoms with Crippen molar-refractivity contribution in [2.45, 2.75) is 0 Å². The lowest BCUT2D eigenvalue weighted by Crippen LogP contribution is -2.25. The lowest BCUT2D eigenvalue weighted by atomic mass is 10.4. The van der Waals surface area contributed by atoms with Gasteiger partial charge in [-0.25, -0.2) is 4.57 Å². The molecule has 0 aliphatic rings. The van der Waals surface area contributed by atoms with E-state index in [1.807, 2.05) is 36.1 Å². The zero-order valence-electron chi connectivity index (χ0n) is 5.24. The zero-order chi connectivity index (χ0) is 5.98. The quantitative estimate of drug-likeness (QED) is 0.530. The SMILES string of the molecule is C[n+]1ccc(N)cc1.Cl. The molecule has 1 aromatic heterocycles. The summed E-state index contributed by atoms with van der Waals surface area (Å²) in [6.07, 6.45) is 3.82. The predicted molar refractivity (Wildman–Crippen MR) is 39.3 cm³/mol. The fourth-order valence-electron chi connectivity index (χ4n) is 0.513. The van der Waals surface area contributed by atoms with Crippen LogP contribution in [0, 0.1) is 0 Å². The molecule has 0 bridgehead atoms. The molecule has 0 amide bonds. The molecule has 0 radical (unpaired) electrons. The number of aryl methyl sites for hydroxylation is 1. The molecule has 0 fully saturated rings. The first-order chi connectivity index (χ1) is 3.79. The minimum absolute atomic E-state index is 0. The van der Waals surface area contributed by atoms with Crippen LogP contribution in [0.25, 0.3) is 0 Å². The molecule has 2 N–H and O–H groups in total. The second-order valence-electron chi connectivity index (χ2n) is 1.80. The molecule has 0 saturated carbocycles. The molecule has 50 valence electrons. The Morgan fingerprint density at radius 2 is 1.78 bits per heavy atom. The van der Waals surface area contributed by atoms with Gasteiger partial charge in [0.2, 0.25) is 0 Å². The Hall–Kier alpha value is -0.760. The van der Waals surface area contributed by atoms with Crippen LogP contribution in [0.15, 0.2) is 24.5 Å². The molecular formula is C6H10ClN2+. The molecule has 0 aliphatic heterocycles. The molecule has 0 atom stereocenters. The van der Waals surface area contributed by atoms with E-state index in [0.717, 1.165) is 5.69 Å². The third kappa shape index (κ3) is 2.33. The largest absolute Gasteiger partial charge is 0.398 e. The van der Waals surface area contributed by atoms with E-state index in [-0.39, 0.29) is 12.4 Å². The average molecular weight is 146 g/mol. The Labute approximate surface area is 60.7 Å². The summed E-state index contributed by atoms with van der Waals surface area (Å²) < 4.78 is 1.94. The van der Waals surface area contributed by atoms with Crippen molar-refractivity contribution in [3.63, 3.8) is 0 Å². The summed E-state index contributed by atoms with van der Waals surface area (Å²) in [5, 5.41) is 0. The number of hydrogen-bond acceptors (Lipinski definition) is 1. The minimum atomic E-state index is 0. The highest BCUT2D eigenvalue weighted by molar-refractivity contribution is 5.85. The molecule has 0 spiro atoms. The van der Waals surface area contributed by atoms with Crippen LogP contribution in [0.1, 0.15) is 0 Å². The van der Waals surface area contributed by atoms with Crippen molar-refractivity contribution in [2.24, 2.45) is 7.05 Å². The number of halogens is 1. The number of anilines is 1. The highest BCUT2D eigenvalue weighted by Gasteiger charge is 1.86. The van der Waals surface area contributed by atoms with E-state index in [0.29, 0.717) is 0 Å². The number of aromatic nitrogens is 1. The third-order valence-electron chi connectivity index (χ3n) is 1.00. The van der Waals surface area contributed by atoms with E-state index in [2.05, 4.69) is 0 Å². The first-order valence-corrected chi connectivity index (χ1v) is 2.50. The summed E-state index contributed by atoms with van der Waals surface area (Å²) in [6, 6.07) is 3.72. The second-order valence-corrected chi connectivity index (χ2v) is 1.80. The van der Waals surface area contributed by atoms with Crippen LogP contribution in [-0.4, -0.2) is 0 Å². The van der Waals surface area contributed by atoms with Crippen molar-refractivity contribution in [1.82, 2.24) is 0 Å². The summed E-state index contributed by atoms with van der Waals surface area (Å²) in [5.74, 6) is 0. The van der Waals surface area contributed by atoms with Gasteiger partial charge >= 0.3 is 0 Å². The molecule has 0 aliphatic carbocycles. The van der Waals surface area contributed by atoms with E-state index < -0.39 is 0 Å². The average Bonchev–Trinajstić information content (AvgIpc) is 1.77. The smallest absolute Gasteiger partial charge is 0.170 e. The van der Waals surface area contributed by atoms with Crippen LogP contribution in [0.3, 0.4) is 0 Å². The highest BCUT2D eigenvalue weighted by atomic mass is 35.5. The van der Waals surface area contributed by atoms with Gasteiger partial charge in [0.05, 0.1) is 0 Å². The molecule has 0 unspecified atom stereocenters. The van der Waals surface area contributed by atoms with Crippen molar-refractivity contribution in [3.05, 3.63) is 24.5 Å². The maximum atomic E-state index is 5.41. The molecule has 2 nitrogen and oxygen atoms in total. The number of nitrogens with two attached hydrogens (primary N) is 1. The Kier molecular flexibility index (Phi) is 3.02. The van der Waals surface area contributed by atoms with E-state index >= 15 is 0 Å². The number of pyridine rings is 1. The van der Waals surface area contributed by atoms with Gasteiger partial charge in [-0.3, -0.25) is 0 Å². The molecule has 1 aromatic rings. The van der Waals surface area contributed by atoms with Crippen LogP contribution in [-0.2, 0) is 7.05 Å². The van der Waals surface area contributed by atoms with Gasteiger partial charge < -0.3 is 5.73 Å². The van der Waals surface area contributed by atoms with Gasteiger partial charge in [-0.1, -0.05) is 0 Å². The van der Waals surface area contributed by atoms with Crippen molar-refractivity contribution in [3.8, 4) is 0 Å². The van der Waals surface area contributed by atoms with Gasteiger partial charge in [0.15, 0.2) is 12.4 Å². The van der Waals surface area contributed by atoms with Crippen LogP contribution in [0.5, 0.6) is 0 Å². The van der Waals surface area contributed by atoms with Gasteiger partial charge in [0.1, 0.15) is 7.05 Å². The topological polar surface area (TPSA) is 29.9 Å². The van der Waals surface area contributed by atoms with Crippen molar-refractivity contribution < 1.29 is 4.57 Å². The summed E-state index contributed by atoms with van der Waals surface area (Å²) in [6.45, 7) is 0. The molecular weight excluding hydrogens is 136 g/mol.